The number of carbonyl (C=O) groups is 2. The molecule has 5 nitrogen and oxygen atoms in total. The zero-order valence-electron chi connectivity index (χ0n) is 11.5. The molecule has 0 aliphatic rings. The zero-order chi connectivity index (χ0) is 14.5. The van der Waals surface area contributed by atoms with Crippen LogP contribution >= 0.6 is 0 Å². The fourth-order valence-corrected chi connectivity index (χ4v) is 1.65. The summed E-state index contributed by atoms with van der Waals surface area (Å²) in [6, 6.07) is 8.76. The second-order valence-corrected chi connectivity index (χ2v) is 4.50. The first-order valence-corrected chi connectivity index (χ1v) is 6.32. The second kappa shape index (κ2) is 6.22. The van der Waals surface area contributed by atoms with Crippen LogP contribution in [0.15, 0.2) is 30.3 Å². The molecular formula is C14H20N2O3. The minimum absolute atomic E-state index is 0.320. The van der Waals surface area contributed by atoms with Crippen molar-refractivity contribution in [2.75, 3.05) is 11.4 Å². The maximum atomic E-state index is 12.2. The fraction of sp³-hybridized carbons (Fsp3) is 0.429. The highest BCUT2D eigenvalue weighted by Crippen LogP contribution is 2.15. The Morgan fingerprint density at radius 1 is 1.26 bits per heavy atom. The largest absolute Gasteiger partial charge is 0.480 e. The number of carboxylic acid groups (broad SMARTS) is 1. The normalized spacial score (nSPS) is 13.4. The van der Waals surface area contributed by atoms with Gasteiger partial charge in [0.05, 0.1) is 0 Å². The number of hydrogen-bond acceptors (Lipinski definition) is 2. The number of carbonyl (C=O) groups excluding carboxylic acids is 1. The first-order valence-electron chi connectivity index (χ1n) is 6.32. The maximum Gasteiger partial charge on any atom is 0.329 e. The van der Waals surface area contributed by atoms with E-state index in [-0.39, 0.29) is 0 Å². The number of anilines is 1. The molecule has 0 saturated heterocycles. The molecular weight excluding hydrogens is 244 g/mol. The van der Waals surface area contributed by atoms with Crippen LogP contribution in [0.4, 0.5) is 10.5 Å². The predicted molar refractivity (Wildman–Crippen MR) is 74.3 cm³/mol. The number of hydrogen-bond donors (Lipinski definition) is 2. The van der Waals surface area contributed by atoms with Gasteiger partial charge in [-0.1, -0.05) is 25.1 Å². The summed E-state index contributed by atoms with van der Waals surface area (Å²) in [5, 5.41) is 11.8. The molecule has 1 atom stereocenters. The molecule has 0 aliphatic carbocycles. The summed E-state index contributed by atoms with van der Waals surface area (Å²) in [4.78, 5) is 24.9. The van der Waals surface area contributed by atoms with E-state index in [0.29, 0.717) is 13.0 Å². The smallest absolute Gasteiger partial charge is 0.329 e. The topological polar surface area (TPSA) is 69.6 Å². The van der Waals surface area contributed by atoms with E-state index in [1.165, 1.54) is 11.8 Å². The van der Waals surface area contributed by atoms with Crippen LogP contribution in [0.3, 0.4) is 0 Å². The average Bonchev–Trinajstić information content (AvgIpc) is 2.40. The highest BCUT2D eigenvalue weighted by molar-refractivity contribution is 5.95. The van der Waals surface area contributed by atoms with Gasteiger partial charge >= 0.3 is 12.0 Å². The number of urea groups is 1. The van der Waals surface area contributed by atoms with Gasteiger partial charge in [-0.15, -0.1) is 0 Å². The van der Waals surface area contributed by atoms with Crippen molar-refractivity contribution >= 4 is 17.7 Å². The number of aliphatic carboxylic acids is 1. The maximum absolute atomic E-state index is 12.2. The Labute approximate surface area is 113 Å². The number of carboxylic acids is 1. The molecule has 0 fully saturated rings. The van der Waals surface area contributed by atoms with Gasteiger partial charge in [-0.3, -0.25) is 4.90 Å². The molecule has 19 heavy (non-hydrogen) atoms. The molecule has 5 heteroatoms. The van der Waals surface area contributed by atoms with E-state index in [0.717, 1.165) is 5.69 Å². The fourth-order valence-electron chi connectivity index (χ4n) is 1.65. The van der Waals surface area contributed by atoms with Crippen molar-refractivity contribution in [3.63, 3.8) is 0 Å². The SMILES string of the molecule is CCN(C(=O)NC(C)(CC)C(=O)O)c1ccccc1. The Kier molecular flexibility index (Phi) is 4.92. The number of nitrogens with one attached hydrogen (secondary N) is 1. The molecule has 1 rings (SSSR count). The average molecular weight is 264 g/mol. The number of benzene rings is 1. The van der Waals surface area contributed by atoms with Crippen molar-refractivity contribution in [2.24, 2.45) is 0 Å². The van der Waals surface area contributed by atoms with E-state index in [2.05, 4.69) is 5.32 Å². The van der Waals surface area contributed by atoms with Crippen LogP contribution in [0.25, 0.3) is 0 Å². The lowest BCUT2D eigenvalue weighted by Gasteiger charge is -2.29. The van der Waals surface area contributed by atoms with Gasteiger partial charge in [-0.25, -0.2) is 9.59 Å². The van der Waals surface area contributed by atoms with E-state index < -0.39 is 17.5 Å². The van der Waals surface area contributed by atoms with Gasteiger partial charge in [0.2, 0.25) is 0 Å². The number of rotatable bonds is 5. The summed E-state index contributed by atoms with van der Waals surface area (Å²) in [6.45, 7) is 5.55. The van der Waals surface area contributed by atoms with Gasteiger partial charge in [0.15, 0.2) is 0 Å². The molecule has 0 aliphatic heterocycles. The molecule has 1 aromatic carbocycles. The van der Waals surface area contributed by atoms with Gasteiger partial charge in [0, 0.05) is 12.2 Å². The third-order valence-electron chi connectivity index (χ3n) is 3.19. The summed E-state index contributed by atoms with van der Waals surface area (Å²) in [6.07, 6.45) is 0.320. The minimum atomic E-state index is -1.25. The molecule has 0 spiro atoms. The van der Waals surface area contributed by atoms with Gasteiger partial charge in [0.1, 0.15) is 5.54 Å². The van der Waals surface area contributed by atoms with Crippen LogP contribution in [-0.2, 0) is 4.79 Å². The number of amides is 2. The van der Waals surface area contributed by atoms with Crippen molar-refractivity contribution in [3.8, 4) is 0 Å². The standard InChI is InChI=1S/C14H20N2O3/c1-4-14(3,12(17)18)15-13(19)16(5-2)11-9-7-6-8-10-11/h6-10H,4-5H2,1-3H3,(H,15,19)(H,17,18). The van der Waals surface area contributed by atoms with Crippen molar-refractivity contribution in [1.82, 2.24) is 5.32 Å². The molecule has 2 N–H and O–H groups in total. The first-order chi connectivity index (χ1) is 8.94. The number of nitrogens with zero attached hydrogens (tertiary/aromatic N) is 1. The lowest BCUT2D eigenvalue weighted by atomic mass is 10.00. The molecule has 2 amide bonds. The van der Waals surface area contributed by atoms with Crippen molar-refractivity contribution in [2.45, 2.75) is 32.7 Å². The summed E-state index contributed by atoms with van der Waals surface area (Å²) in [5.74, 6) is -1.03. The summed E-state index contributed by atoms with van der Waals surface area (Å²) in [5.41, 5.74) is -0.509. The molecule has 0 bridgehead atoms. The molecule has 0 radical (unpaired) electrons. The lowest BCUT2D eigenvalue weighted by molar-refractivity contribution is -0.143. The molecule has 0 saturated carbocycles. The van der Waals surface area contributed by atoms with Crippen LogP contribution in [0, 0.1) is 0 Å². The van der Waals surface area contributed by atoms with Crippen molar-refractivity contribution in [3.05, 3.63) is 30.3 Å². The van der Waals surface area contributed by atoms with Crippen LogP contribution in [-0.4, -0.2) is 29.2 Å². The van der Waals surface area contributed by atoms with Gasteiger partial charge in [0.25, 0.3) is 0 Å². The van der Waals surface area contributed by atoms with Crippen LogP contribution < -0.4 is 10.2 Å². The van der Waals surface area contributed by atoms with Gasteiger partial charge in [-0.2, -0.15) is 0 Å². The highest BCUT2D eigenvalue weighted by Gasteiger charge is 2.34. The molecule has 1 unspecified atom stereocenters. The second-order valence-electron chi connectivity index (χ2n) is 4.50. The third-order valence-corrected chi connectivity index (χ3v) is 3.19. The Hall–Kier alpha value is -2.04. The van der Waals surface area contributed by atoms with E-state index in [9.17, 15) is 14.7 Å². The van der Waals surface area contributed by atoms with Crippen molar-refractivity contribution in [1.29, 1.82) is 0 Å². The monoisotopic (exact) mass is 264 g/mol. The Bertz CT molecular complexity index is 447. The quantitative estimate of drug-likeness (QED) is 0.858. The minimum Gasteiger partial charge on any atom is -0.480 e. The molecule has 1 aromatic rings. The third kappa shape index (κ3) is 3.47. The predicted octanol–water partition coefficient (Wildman–Crippen LogP) is 2.48. The first kappa shape index (κ1) is 15.0. The van der Waals surface area contributed by atoms with Crippen LogP contribution in [0.5, 0.6) is 0 Å². The van der Waals surface area contributed by atoms with Crippen LogP contribution in [0.1, 0.15) is 27.2 Å². The molecule has 104 valence electrons. The van der Waals surface area contributed by atoms with E-state index in [1.54, 1.807) is 6.92 Å². The highest BCUT2D eigenvalue weighted by atomic mass is 16.4. The Morgan fingerprint density at radius 2 is 1.84 bits per heavy atom. The molecule has 0 heterocycles. The summed E-state index contributed by atoms with van der Waals surface area (Å²) in [7, 11) is 0. The summed E-state index contributed by atoms with van der Waals surface area (Å²) < 4.78 is 0. The Morgan fingerprint density at radius 3 is 2.26 bits per heavy atom. The van der Waals surface area contributed by atoms with Crippen molar-refractivity contribution < 1.29 is 14.7 Å². The van der Waals surface area contributed by atoms with Crippen LogP contribution in [0.2, 0.25) is 0 Å². The Balaban J connectivity index is 2.89. The zero-order valence-corrected chi connectivity index (χ0v) is 11.5. The van der Waals surface area contributed by atoms with E-state index >= 15 is 0 Å². The van der Waals surface area contributed by atoms with E-state index in [4.69, 9.17) is 0 Å². The molecule has 0 aromatic heterocycles. The number of para-hydroxylation sites is 1. The van der Waals surface area contributed by atoms with Gasteiger partial charge in [-0.05, 0) is 32.4 Å². The van der Waals surface area contributed by atoms with E-state index in [1.807, 2.05) is 37.3 Å². The summed E-state index contributed by atoms with van der Waals surface area (Å²) >= 11 is 0. The lowest BCUT2D eigenvalue weighted by Crippen LogP contribution is -2.56. The van der Waals surface area contributed by atoms with Gasteiger partial charge < -0.3 is 10.4 Å².